The van der Waals surface area contributed by atoms with E-state index in [2.05, 4.69) is 0 Å². The molecular formula is C9H18O6. The zero-order valence-electron chi connectivity index (χ0n) is 8.69. The van der Waals surface area contributed by atoms with Gasteiger partial charge in [0.25, 0.3) is 0 Å². The summed E-state index contributed by atoms with van der Waals surface area (Å²) in [7, 11) is 0. The largest absolute Gasteiger partial charge is 0.387 e. The third-order valence-corrected chi connectivity index (χ3v) is 2.50. The molecule has 15 heavy (non-hydrogen) atoms. The molecule has 6 heteroatoms. The normalized spacial score (nSPS) is 47.2. The average molecular weight is 222 g/mol. The van der Waals surface area contributed by atoms with Crippen LogP contribution in [0.3, 0.4) is 0 Å². The molecule has 0 heterocycles. The van der Waals surface area contributed by atoms with Crippen LogP contribution < -0.4 is 0 Å². The Morgan fingerprint density at radius 3 is 1.40 bits per heavy atom. The van der Waals surface area contributed by atoms with Gasteiger partial charge in [-0.1, -0.05) is 0 Å². The quantitative estimate of drug-likeness (QED) is 0.356. The predicted molar refractivity (Wildman–Crippen MR) is 50.0 cm³/mol. The zero-order valence-corrected chi connectivity index (χ0v) is 8.69. The number of aliphatic hydroxyl groups is 5. The van der Waals surface area contributed by atoms with Crippen molar-refractivity contribution in [2.75, 3.05) is 0 Å². The van der Waals surface area contributed by atoms with Gasteiger partial charge in [-0.05, 0) is 13.8 Å². The maximum absolute atomic E-state index is 9.54. The van der Waals surface area contributed by atoms with Gasteiger partial charge in [0.1, 0.15) is 36.6 Å². The van der Waals surface area contributed by atoms with Crippen LogP contribution >= 0.6 is 0 Å². The second kappa shape index (κ2) is 4.73. The van der Waals surface area contributed by atoms with E-state index in [1.54, 1.807) is 13.8 Å². The fraction of sp³-hybridized carbons (Fsp3) is 1.00. The number of ether oxygens (including phenoxy) is 1. The second-order valence-corrected chi connectivity index (χ2v) is 4.10. The predicted octanol–water partition coefficient (Wildman–Crippen LogP) is -2.40. The lowest BCUT2D eigenvalue weighted by Crippen LogP contribution is -2.64. The van der Waals surface area contributed by atoms with Gasteiger partial charge in [0.2, 0.25) is 0 Å². The van der Waals surface area contributed by atoms with Crippen LogP contribution in [0.4, 0.5) is 0 Å². The molecule has 0 amide bonds. The van der Waals surface area contributed by atoms with Crippen molar-refractivity contribution in [2.45, 2.75) is 56.6 Å². The van der Waals surface area contributed by atoms with E-state index in [1.807, 2.05) is 0 Å². The molecule has 0 spiro atoms. The first-order valence-electron chi connectivity index (χ1n) is 4.92. The second-order valence-electron chi connectivity index (χ2n) is 4.10. The molecule has 4 unspecified atom stereocenters. The lowest BCUT2D eigenvalue weighted by atomic mass is 9.85. The number of aliphatic hydroxyl groups excluding tert-OH is 5. The van der Waals surface area contributed by atoms with Crippen LogP contribution in [-0.4, -0.2) is 68.3 Å². The monoisotopic (exact) mass is 222 g/mol. The summed E-state index contributed by atoms with van der Waals surface area (Å²) in [6.07, 6.45) is -8.81. The van der Waals surface area contributed by atoms with Crippen LogP contribution in [0.15, 0.2) is 0 Å². The lowest BCUT2D eigenvalue weighted by Gasteiger charge is -2.42. The molecule has 0 radical (unpaired) electrons. The zero-order chi connectivity index (χ0) is 11.7. The van der Waals surface area contributed by atoms with Gasteiger partial charge in [-0.15, -0.1) is 0 Å². The minimum Gasteiger partial charge on any atom is -0.387 e. The van der Waals surface area contributed by atoms with Gasteiger partial charge in [0, 0.05) is 0 Å². The van der Waals surface area contributed by atoms with Gasteiger partial charge in [-0.25, -0.2) is 0 Å². The Morgan fingerprint density at radius 2 is 1.07 bits per heavy atom. The van der Waals surface area contributed by atoms with Crippen molar-refractivity contribution in [3.63, 3.8) is 0 Å². The molecule has 0 aromatic rings. The van der Waals surface area contributed by atoms with Gasteiger partial charge < -0.3 is 30.3 Å². The summed E-state index contributed by atoms with van der Waals surface area (Å²) >= 11 is 0. The van der Waals surface area contributed by atoms with Crippen molar-refractivity contribution in [3.8, 4) is 0 Å². The summed E-state index contributed by atoms with van der Waals surface area (Å²) in [5.41, 5.74) is 0. The third kappa shape index (κ3) is 2.47. The molecular weight excluding hydrogens is 204 g/mol. The Bertz CT molecular complexity index is 193. The molecule has 0 bridgehead atoms. The smallest absolute Gasteiger partial charge is 0.115 e. The van der Waals surface area contributed by atoms with Gasteiger partial charge in [-0.3, -0.25) is 0 Å². The van der Waals surface area contributed by atoms with Crippen molar-refractivity contribution in [1.82, 2.24) is 0 Å². The first-order valence-corrected chi connectivity index (χ1v) is 4.92. The molecule has 0 saturated heterocycles. The van der Waals surface area contributed by atoms with E-state index in [0.29, 0.717) is 0 Å². The molecule has 6 nitrogen and oxygen atoms in total. The Labute approximate surface area is 87.7 Å². The van der Waals surface area contributed by atoms with Crippen LogP contribution in [0, 0.1) is 0 Å². The lowest BCUT2D eigenvalue weighted by molar-refractivity contribution is -0.242. The summed E-state index contributed by atoms with van der Waals surface area (Å²) in [6.45, 7) is 3.40. The summed E-state index contributed by atoms with van der Waals surface area (Å²) in [5, 5.41) is 47.1. The Hall–Kier alpha value is -0.240. The molecule has 1 aliphatic carbocycles. The summed E-state index contributed by atoms with van der Waals surface area (Å²) in [6, 6.07) is 0. The fourth-order valence-electron chi connectivity index (χ4n) is 1.67. The van der Waals surface area contributed by atoms with Crippen molar-refractivity contribution >= 4 is 0 Å². The molecule has 0 aromatic carbocycles. The van der Waals surface area contributed by atoms with E-state index in [0.717, 1.165) is 0 Å². The Morgan fingerprint density at radius 1 is 0.733 bits per heavy atom. The topological polar surface area (TPSA) is 110 Å². The number of hydrogen-bond acceptors (Lipinski definition) is 6. The van der Waals surface area contributed by atoms with Crippen molar-refractivity contribution < 1.29 is 30.3 Å². The molecule has 1 saturated carbocycles. The van der Waals surface area contributed by atoms with Crippen LogP contribution in [-0.2, 0) is 4.74 Å². The standard InChI is InChI=1S/C9H18O6/c1-3(2)15-9-7(13)5(11)4(10)6(12)8(9)14/h3-14H,1-2H3. The van der Waals surface area contributed by atoms with Gasteiger partial charge >= 0.3 is 0 Å². The highest BCUT2D eigenvalue weighted by Gasteiger charge is 2.49. The van der Waals surface area contributed by atoms with E-state index in [-0.39, 0.29) is 6.10 Å². The maximum Gasteiger partial charge on any atom is 0.115 e. The number of hydrogen-bond donors (Lipinski definition) is 5. The molecule has 0 aliphatic heterocycles. The first-order chi connectivity index (χ1) is 6.86. The molecule has 5 N–H and O–H groups in total. The highest BCUT2D eigenvalue weighted by atomic mass is 16.5. The van der Waals surface area contributed by atoms with Crippen LogP contribution in [0.25, 0.3) is 0 Å². The minimum atomic E-state index is -1.57. The molecule has 0 aromatic heterocycles. The SMILES string of the molecule is CC(C)OC1C(O)C(O)C(O)C(O)C1O. The van der Waals surface area contributed by atoms with Gasteiger partial charge in [-0.2, -0.15) is 0 Å². The van der Waals surface area contributed by atoms with E-state index in [1.165, 1.54) is 0 Å². The third-order valence-electron chi connectivity index (χ3n) is 2.50. The van der Waals surface area contributed by atoms with Gasteiger partial charge in [0.15, 0.2) is 0 Å². The Kier molecular flexibility index (Phi) is 4.05. The molecule has 1 fully saturated rings. The average Bonchev–Trinajstić information content (AvgIpc) is 2.18. The van der Waals surface area contributed by atoms with Crippen LogP contribution in [0.5, 0.6) is 0 Å². The minimum absolute atomic E-state index is 0.269. The summed E-state index contributed by atoms with van der Waals surface area (Å²) < 4.78 is 5.17. The van der Waals surface area contributed by atoms with E-state index >= 15 is 0 Å². The van der Waals surface area contributed by atoms with Crippen LogP contribution in [0.2, 0.25) is 0 Å². The molecule has 90 valence electrons. The van der Waals surface area contributed by atoms with Crippen molar-refractivity contribution in [1.29, 1.82) is 0 Å². The summed E-state index contributed by atoms with van der Waals surface area (Å²) in [5.74, 6) is 0. The van der Waals surface area contributed by atoms with Crippen molar-refractivity contribution in [2.24, 2.45) is 0 Å². The van der Waals surface area contributed by atoms with Gasteiger partial charge in [0.05, 0.1) is 6.10 Å². The summed E-state index contributed by atoms with van der Waals surface area (Å²) in [4.78, 5) is 0. The van der Waals surface area contributed by atoms with Crippen LogP contribution in [0.1, 0.15) is 13.8 Å². The molecule has 1 rings (SSSR count). The maximum atomic E-state index is 9.54. The highest BCUT2D eigenvalue weighted by Crippen LogP contribution is 2.24. The Balaban J connectivity index is 2.77. The first kappa shape index (κ1) is 12.8. The van der Waals surface area contributed by atoms with E-state index < -0.39 is 36.6 Å². The van der Waals surface area contributed by atoms with E-state index in [9.17, 15) is 25.5 Å². The van der Waals surface area contributed by atoms with E-state index in [4.69, 9.17) is 4.74 Å². The van der Waals surface area contributed by atoms with Crippen molar-refractivity contribution in [3.05, 3.63) is 0 Å². The number of rotatable bonds is 2. The highest BCUT2D eigenvalue weighted by molar-refractivity contribution is 4.99. The molecule has 1 aliphatic rings. The fourth-order valence-corrected chi connectivity index (χ4v) is 1.67. The molecule has 4 atom stereocenters.